The lowest BCUT2D eigenvalue weighted by Crippen LogP contribution is -2.35. The van der Waals surface area contributed by atoms with Gasteiger partial charge in [-0.25, -0.2) is 4.39 Å². The molecule has 4 nitrogen and oxygen atoms in total. The summed E-state index contributed by atoms with van der Waals surface area (Å²) in [7, 11) is 0. The van der Waals surface area contributed by atoms with Crippen LogP contribution in [-0.2, 0) is 4.79 Å². The SMILES string of the molecule is CCC(O)CNC(=O)COc1ccc(F)cc1. The zero-order valence-corrected chi connectivity index (χ0v) is 9.65. The standard InChI is InChI=1S/C12H16FNO3/c1-2-10(15)7-14-12(16)8-17-11-5-3-9(13)4-6-11/h3-6,10,15H,2,7-8H2,1H3,(H,14,16). The number of amides is 1. The smallest absolute Gasteiger partial charge is 0.258 e. The summed E-state index contributed by atoms with van der Waals surface area (Å²) in [6.45, 7) is 1.88. The van der Waals surface area contributed by atoms with Gasteiger partial charge in [0.15, 0.2) is 6.61 Å². The fraction of sp³-hybridized carbons (Fsp3) is 0.417. The summed E-state index contributed by atoms with van der Waals surface area (Å²) in [4.78, 5) is 11.3. The maximum absolute atomic E-state index is 12.6. The van der Waals surface area contributed by atoms with Gasteiger partial charge in [-0.05, 0) is 30.7 Å². The Hall–Kier alpha value is -1.62. The quantitative estimate of drug-likeness (QED) is 0.784. The zero-order chi connectivity index (χ0) is 12.7. The second-order valence-electron chi connectivity index (χ2n) is 3.61. The number of nitrogens with one attached hydrogen (secondary N) is 1. The molecule has 94 valence electrons. The fourth-order valence-electron chi connectivity index (χ4n) is 1.11. The first-order valence-electron chi connectivity index (χ1n) is 5.45. The Bertz CT molecular complexity index is 353. The molecule has 0 aromatic heterocycles. The van der Waals surface area contributed by atoms with Crippen LogP contribution in [0.15, 0.2) is 24.3 Å². The normalized spacial score (nSPS) is 11.9. The van der Waals surface area contributed by atoms with Gasteiger partial charge in [0.2, 0.25) is 0 Å². The predicted octanol–water partition coefficient (Wildman–Crippen LogP) is 1.09. The molecule has 1 unspecified atom stereocenters. The molecule has 17 heavy (non-hydrogen) atoms. The van der Waals surface area contributed by atoms with Gasteiger partial charge in [0.1, 0.15) is 11.6 Å². The minimum atomic E-state index is -0.537. The highest BCUT2D eigenvalue weighted by Crippen LogP contribution is 2.10. The van der Waals surface area contributed by atoms with E-state index in [9.17, 15) is 14.3 Å². The summed E-state index contributed by atoms with van der Waals surface area (Å²) in [5, 5.41) is 11.8. The zero-order valence-electron chi connectivity index (χ0n) is 9.65. The van der Waals surface area contributed by atoms with Gasteiger partial charge in [0.05, 0.1) is 6.10 Å². The number of hydrogen-bond acceptors (Lipinski definition) is 3. The van der Waals surface area contributed by atoms with Crippen LogP contribution in [-0.4, -0.2) is 30.3 Å². The summed E-state index contributed by atoms with van der Waals surface area (Å²) < 4.78 is 17.7. The van der Waals surface area contributed by atoms with E-state index in [-0.39, 0.29) is 24.9 Å². The van der Waals surface area contributed by atoms with Crippen molar-refractivity contribution < 1.29 is 19.0 Å². The second kappa shape index (κ2) is 6.85. The molecule has 0 fully saturated rings. The number of hydrogen-bond donors (Lipinski definition) is 2. The highest BCUT2D eigenvalue weighted by Gasteiger charge is 2.05. The lowest BCUT2D eigenvalue weighted by Gasteiger charge is -2.10. The maximum atomic E-state index is 12.6. The number of aliphatic hydroxyl groups is 1. The average molecular weight is 241 g/mol. The first-order chi connectivity index (χ1) is 8.11. The monoisotopic (exact) mass is 241 g/mol. The molecule has 1 aromatic rings. The van der Waals surface area contributed by atoms with Crippen LogP contribution >= 0.6 is 0 Å². The number of carbonyl (C=O) groups excluding carboxylic acids is 1. The third kappa shape index (κ3) is 5.31. The minimum absolute atomic E-state index is 0.151. The van der Waals surface area contributed by atoms with Gasteiger partial charge in [0.25, 0.3) is 5.91 Å². The molecule has 0 aliphatic heterocycles. The van der Waals surface area contributed by atoms with Crippen molar-refractivity contribution in [3.8, 4) is 5.75 Å². The number of halogens is 1. The van der Waals surface area contributed by atoms with Crippen LogP contribution in [0, 0.1) is 5.82 Å². The summed E-state index contributed by atoms with van der Waals surface area (Å²) >= 11 is 0. The van der Waals surface area contributed by atoms with E-state index in [2.05, 4.69) is 5.32 Å². The van der Waals surface area contributed by atoms with E-state index in [1.165, 1.54) is 24.3 Å². The van der Waals surface area contributed by atoms with Crippen molar-refractivity contribution in [2.45, 2.75) is 19.4 Å². The summed E-state index contributed by atoms with van der Waals surface area (Å²) in [5.74, 6) is -0.243. The van der Waals surface area contributed by atoms with Gasteiger partial charge in [0, 0.05) is 6.54 Å². The van der Waals surface area contributed by atoms with E-state index in [1.807, 2.05) is 6.92 Å². The van der Waals surface area contributed by atoms with Gasteiger partial charge in [-0.15, -0.1) is 0 Å². The molecule has 0 aliphatic carbocycles. The van der Waals surface area contributed by atoms with Crippen LogP contribution in [0.1, 0.15) is 13.3 Å². The van der Waals surface area contributed by atoms with Crippen molar-refractivity contribution >= 4 is 5.91 Å². The molecule has 1 atom stereocenters. The predicted molar refractivity (Wildman–Crippen MR) is 61.2 cm³/mol. The summed E-state index contributed by atoms with van der Waals surface area (Å²) in [6, 6.07) is 5.41. The van der Waals surface area contributed by atoms with Crippen LogP contribution in [0.25, 0.3) is 0 Å². The molecule has 1 aromatic carbocycles. The number of benzene rings is 1. The van der Waals surface area contributed by atoms with Crippen LogP contribution in [0.5, 0.6) is 5.75 Å². The molecular formula is C12H16FNO3. The molecule has 0 bridgehead atoms. The first-order valence-corrected chi connectivity index (χ1v) is 5.45. The molecule has 0 radical (unpaired) electrons. The third-order valence-corrected chi connectivity index (χ3v) is 2.19. The Kier molecular flexibility index (Phi) is 5.42. The van der Waals surface area contributed by atoms with E-state index in [1.54, 1.807) is 0 Å². The van der Waals surface area contributed by atoms with Crippen molar-refractivity contribution in [3.05, 3.63) is 30.1 Å². The van der Waals surface area contributed by atoms with Crippen molar-refractivity contribution in [2.24, 2.45) is 0 Å². The lowest BCUT2D eigenvalue weighted by atomic mass is 10.3. The molecular weight excluding hydrogens is 225 g/mol. The Labute approximate surface area is 99.4 Å². The molecule has 2 N–H and O–H groups in total. The molecule has 1 amide bonds. The fourth-order valence-corrected chi connectivity index (χ4v) is 1.11. The number of ether oxygens (including phenoxy) is 1. The van der Waals surface area contributed by atoms with E-state index < -0.39 is 6.10 Å². The molecule has 0 saturated carbocycles. The number of rotatable bonds is 6. The highest BCUT2D eigenvalue weighted by molar-refractivity contribution is 5.77. The van der Waals surface area contributed by atoms with Crippen LogP contribution in [0.2, 0.25) is 0 Å². The Morgan fingerprint density at radius 2 is 2.12 bits per heavy atom. The van der Waals surface area contributed by atoms with Gasteiger partial charge in [-0.2, -0.15) is 0 Å². The molecule has 5 heteroatoms. The Morgan fingerprint density at radius 1 is 1.47 bits per heavy atom. The van der Waals surface area contributed by atoms with Gasteiger partial charge in [-0.3, -0.25) is 4.79 Å². The van der Waals surface area contributed by atoms with Crippen LogP contribution in [0.4, 0.5) is 4.39 Å². The Balaban J connectivity index is 2.26. The first kappa shape index (κ1) is 13.4. The molecule has 0 saturated heterocycles. The van der Waals surface area contributed by atoms with Crippen LogP contribution < -0.4 is 10.1 Å². The molecule has 0 spiro atoms. The van der Waals surface area contributed by atoms with E-state index >= 15 is 0 Å². The maximum Gasteiger partial charge on any atom is 0.258 e. The molecule has 1 rings (SSSR count). The van der Waals surface area contributed by atoms with Gasteiger partial charge in [-0.1, -0.05) is 6.92 Å². The third-order valence-electron chi connectivity index (χ3n) is 2.19. The van der Waals surface area contributed by atoms with E-state index in [4.69, 9.17) is 4.74 Å². The van der Waals surface area contributed by atoms with Gasteiger partial charge >= 0.3 is 0 Å². The Morgan fingerprint density at radius 3 is 2.71 bits per heavy atom. The average Bonchev–Trinajstić information content (AvgIpc) is 2.35. The number of aliphatic hydroxyl groups excluding tert-OH is 1. The second-order valence-corrected chi connectivity index (χ2v) is 3.61. The topological polar surface area (TPSA) is 58.6 Å². The van der Waals surface area contributed by atoms with E-state index in [0.717, 1.165) is 0 Å². The molecule has 0 aliphatic rings. The number of carbonyl (C=O) groups is 1. The van der Waals surface area contributed by atoms with Crippen LogP contribution in [0.3, 0.4) is 0 Å². The van der Waals surface area contributed by atoms with Crippen molar-refractivity contribution in [1.82, 2.24) is 5.32 Å². The lowest BCUT2D eigenvalue weighted by molar-refractivity contribution is -0.123. The molecule has 0 heterocycles. The van der Waals surface area contributed by atoms with E-state index in [0.29, 0.717) is 12.2 Å². The van der Waals surface area contributed by atoms with Crippen molar-refractivity contribution in [2.75, 3.05) is 13.2 Å². The van der Waals surface area contributed by atoms with Gasteiger partial charge < -0.3 is 15.2 Å². The summed E-state index contributed by atoms with van der Waals surface area (Å²) in [5.41, 5.74) is 0. The highest BCUT2D eigenvalue weighted by atomic mass is 19.1. The largest absolute Gasteiger partial charge is 0.484 e. The summed E-state index contributed by atoms with van der Waals surface area (Å²) in [6.07, 6.45) is 0.0452. The van der Waals surface area contributed by atoms with Crippen molar-refractivity contribution in [3.63, 3.8) is 0 Å². The minimum Gasteiger partial charge on any atom is -0.484 e. The van der Waals surface area contributed by atoms with Crippen molar-refractivity contribution in [1.29, 1.82) is 0 Å².